The van der Waals surface area contributed by atoms with Gasteiger partial charge in [-0.05, 0) is 47.4 Å². The molecule has 1 aliphatic rings. The number of carbonyl (C=O) groups excluding carboxylic acids is 2. The first kappa shape index (κ1) is 24.4. The topological polar surface area (TPSA) is 95.6 Å². The second-order valence-corrected chi connectivity index (χ2v) is 11.2. The molecule has 1 atom stereocenters. The third-order valence-corrected chi connectivity index (χ3v) is 7.59. The van der Waals surface area contributed by atoms with Gasteiger partial charge in [-0.15, -0.1) is 0 Å². The van der Waals surface area contributed by atoms with Crippen LogP contribution in [0.1, 0.15) is 32.8 Å². The average molecular weight is 496 g/mol. The van der Waals surface area contributed by atoms with Crippen molar-refractivity contribution in [2.75, 3.05) is 14.9 Å². The third-order valence-electron chi connectivity index (χ3n) is 5.75. The fourth-order valence-electron chi connectivity index (χ4n) is 3.91. The summed E-state index contributed by atoms with van der Waals surface area (Å²) in [5.41, 5.74) is 1.35. The molecule has 0 aromatic heterocycles. The first-order chi connectivity index (χ1) is 16.5. The number of benzene rings is 3. The van der Waals surface area contributed by atoms with Crippen molar-refractivity contribution in [2.45, 2.75) is 43.5 Å². The zero-order chi connectivity index (χ0) is 25.4. The predicted octanol–water partition coefficient (Wildman–Crippen LogP) is 4.67. The van der Waals surface area contributed by atoms with Crippen LogP contribution in [-0.4, -0.2) is 26.3 Å². The fraction of sp³-hybridized carbons (Fsp3) is 0.231. The van der Waals surface area contributed by atoms with Crippen molar-refractivity contribution in [3.8, 4) is 0 Å². The number of anilines is 3. The Kier molecular flexibility index (Phi) is 6.38. The van der Waals surface area contributed by atoms with Gasteiger partial charge in [0.2, 0.25) is 11.8 Å². The van der Waals surface area contributed by atoms with Crippen LogP contribution in [0.4, 0.5) is 21.5 Å². The van der Waals surface area contributed by atoms with Crippen LogP contribution >= 0.6 is 0 Å². The lowest BCUT2D eigenvalue weighted by molar-refractivity contribution is -0.122. The fourth-order valence-corrected chi connectivity index (χ4v) is 5.53. The number of hydrogen-bond donors (Lipinski definition) is 2. The van der Waals surface area contributed by atoms with Crippen molar-refractivity contribution in [3.63, 3.8) is 0 Å². The maximum Gasteiger partial charge on any atom is 0.265 e. The van der Waals surface area contributed by atoms with E-state index in [1.165, 1.54) is 18.2 Å². The molecule has 0 radical (unpaired) electrons. The van der Waals surface area contributed by atoms with E-state index in [0.717, 1.165) is 22.0 Å². The first-order valence-corrected chi connectivity index (χ1v) is 12.5. The van der Waals surface area contributed by atoms with Gasteiger partial charge in [-0.25, -0.2) is 12.8 Å². The van der Waals surface area contributed by atoms with Gasteiger partial charge in [0.15, 0.2) is 0 Å². The Labute approximate surface area is 204 Å². The molecule has 182 valence electrons. The Hall–Kier alpha value is -3.72. The number of nitrogens with zero attached hydrogens (tertiary/aromatic N) is 1. The predicted molar refractivity (Wildman–Crippen MR) is 133 cm³/mol. The Morgan fingerprint density at radius 1 is 1.03 bits per heavy atom. The molecule has 1 heterocycles. The lowest BCUT2D eigenvalue weighted by Crippen LogP contribution is -2.52. The second-order valence-electron chi connectivity index (χ2n) is 9.36. The van der Waals surface area contributed by atoms with Gasteiger partial charge in [-0.3, -0.25) is 13.9 Å². The smallest absolute Gasteiger partial charge is 0.265 e. The van der Waals surface area contributed by atoms with Crippen molar-refractivity contribution in [3.05, 3.63) is 84.2 Å². The number of para-hydroxylation sites is 1. The van der Waals surface area contributed by atoms with Crippen LogP contribution < -0.4 is 14.9 Å². The van der Waals surface area contributed by atoms with Crippen LogP contribution in [0.5, 0.6) is 0 Å². The Morgan fingerprint density at radius 3 is 2.31 bits per heavy atom. The summed E-state index contributed by atoms with van der Waals surface area (Å²) < 4.78 is 42.7. The van der Waals surface area contributed by atoms with E-state index in [1.807, 2.05) is 20.8 Å². The molecule has 3 aromatic rings. The summed E-state index contributed by atoms with van der Waals surface area (Å²) in [5.74, 6) is -1.91. The molecular weight excluding hydrogens is 469 g/mol. The van der Waals surface area contributed by atoms with Crippen molar-refractivity contribution in [1.29, 1.82) is 0 Å². The van der Waals surface area contributed by atoms with E-state index in [4.69, 9.17) is 0 Å². The Bertz CT molecular complexity index is 1370. The molecule has 9 heteroatoms. The molecule has 0 fully saturated rings. The van der Waals surface area contributed by atoms with Gasteiger partial charge >= 0.3 is 0 Å². The number of amides is 2. The van der Waals surface area contributed by atoms with Gasteiger partial charge in [-0.2, -0.15) is 0 Å². The standard InChI is InChI=1S/C26H26FN3O4S/c1-26(2,3)17-9-12-20(13-10-17)35(33,34)30-22-15-18(27)11-14-21(22)29-25(32)23(30)16-24(31)28-19-7-5-4-6-8-19/h4-15,23H,16H2,1-3H3,(H,28,31)(H,29,32). The van der Waals surface area contributed by atoms with Gasteiger partial charge < -0.3 is 10.6 Å². The maximum absolute atomic E-state index is 14.2. The molecule has 1 unspecified atom stereocenters. The van der Waals surface area contributed by atoms with Crippen molar-refractivity contribution in [2.24, 2.45) is 0 Å². The van der Waals surface area contributed by atoms with Crippen LogP contribution in [-0.2, 0) is 25.0 Å². The average Bonchev–Trinajstić information content (AvgIpc) is 2.80. The molecule has 0 aliphatic carbocycles. The van der Waals surface area contributed by atoms with E-state index < -0.39 is 40.1 Å². The molecule has 35 heavy (non-hydrogen) atoms. The highest BCUT2D eigenvalue weighted by Crippen LogP contribution is 2.38. The monoisotopic (exact) mass is 495 g/mol. The summed E-state index contributed by atoms with van der Waals surface area (Å²) in [6, 6.07) is 17.0. The molecule has 3 aromatic carbocycles. The van der Waals surface area contributed by atoms with Gasteiger partial charge in [0.05, 0.1) is 22.7 Å². The Balaban J connectivity index is 1.75. The molecular formula is C26H26FN3O4S. The van der Waals surface area contributed by atoms with E-state index >= 15 is 0 Å². The SMILES string of the molecule is CC(C)(C)c1ccc(S(=O)(=O)N2c3cc(F)ccc3NC(=O)C2CC(=O)Nc2ccccc2)cc1. The molecule has 2 amide bonds. The van der Waals surface area contributed by atoms with E-state index in [9.17, 15) is 22.4 Å². The highest BCUT2D eigenvalue weighted by molar-refractivity contribution is 7.93. The summed E-state index contributed by atoms with van der Waals surface area (Å²) >= 11 is 0. The van der Waals surface area contributed by atoms with Crippen LogP contribution in [0.15, 0.2) is 77.7 Å². The van der Waals surface area contributed by atoms with Gasteiger partial charge in [0, 0.05) is 11.8 Å². The third kappa shape index (κ3) is 5.05. The lowest BCUT2D eigenvalue weighted by atomic mass is 9.87. The van der Waals surface area contributed by atoms with E-state index in [-0.39, 0.29) is 21.7 Å². The van der Waals surface area contributed by atoms with Gasteiger partial charge in [-0.1, -0.05) is 51.1 Å². The van der Waals surface area contributed by atoms with Crippen molar-refractivity contribution >= 4 is 38.9 Å². The summed E-state index contributed by atoms with van der Waals surface area (Å²) in [4.78, 5) is 25.7. The number of hydrogen-bond acceptors (Lipinski definition) is 4. The zero-order valence-electron chi connectivity index (χ0n) is 19.6. The molecule has 0 bridgehead atoms. The minimum atomic E-state index is -4.33. The molecule has 1 aliphatic heterocycles. The number of rotatable bonds is 5. The normalized spacial score (nSPS) is 15.8. The maximum atomic E-state index is 14.2. The molecule has 0 saturated carbocycles. The number of nitrogens with one attached hydrogen (secondary N) is 2. The van der Waals surface area contributed by atoms with Crippen molar-refractivity contribution in [1.82, 2.24) is 0 Å². The Morgan fingerprint density at radius 2 is 1.69 bits per heavy atom. The number of sulfonamides is 1. The number of halogens is 1. The highest BCUT2D eigenvalue weighted by Gasteiger charge is 2.42. The summed E-state index contributed by atoms with van der Waals surface area (Å²) in [6.45, 7) is 6.02. The van der Waals surface area contributed by atoms with Crippen LogP contribution in [0, 0.1) is 5.82 Å². The van der Waals surface area contributed by atoms with Gasteiger partial charge in [0.1, 0.15) is 11.9 Å². The zero-order valence-corrected chi connectivity index (χ0v) is 20.4. The molecule has 2 N–H and O–H groups in total. The summed E-state index contributed by atoms with van der Waals surface area (Å²) in [6.07, 6.45) is -0.462. The van der Waals surface area contributed by atoms with Crippen LogP contribution in [0.3, 0.4) is 0 Å². The lowest BCUT2D eigenvalue weighted by Gasteiger charge is -2.36. The first-order valence-electron chi connectivity index (χ1n) is 11.1. The molecule has 4 rings (SSSR count). The minimum absolute atomic E-state index is 0.0398. The molecule has 7 nitrogen and oxygen atoms in total. The van der Waals surface area contributed by atoms with Gasteiger partial charge in [0.25, 0.3) is 10.0 Å². The summed E-state index contributed by atoms with van der Waals surface area (Å²) in [5, 5.41) is 5.26. The number of carbonyl (C=O) groups is 2. The second kappa shape index (κ2) is 9.14. The molecule has 0 spiro atoms. The van der Waals surface area contributed by atoms with Crippen LogP contribution in [0.2, 0.25) is 0 Å². The van der Waals surface area contributed by atoms with E-state index in [2.05, 4.69) is 10.6 Å². The molecule has 0 saturated heterocycles. The minimum Gasteiger partial charge on any atom is -0.326 e. The largest absolute Gasteiger partial charge is 0.326 e. The number of fused-ring (bicyclic) bond motifs is 1. The highest BCUT2D eigenvalue weighted by atomic mass is 32.2. The van der Waals surface area contributed by atoms with E-state index in [0.29, 0.717) is 5.69 Å². The quantitative estimate of drug-likeness (QED) is 0.538. The van der Waals surface area contributed by atoms with E-state index in [1.54, 1.807) is 42.5 Å². The van der Waals surface area contributed by atoms with Crippen molar-refractivity contribution < 1.29 is 22.4 Å². The van der Waals surface area contributed by atoms with Crippen LogP contribution in [0.25, 0.3) is 0 Å². The summed E-state index contributed by atoms with van der Waals surface area (Å²) in [7, 11) is -4.33.